The fourth-order valence-electron chi connectivity index (χ4n) is 2.38. The molecule has 0 aromatic rings. The molecule has 4 amide bonds. The van der Waals surface area contributed by atoms with Crippen LogP contribution in [-0.2, 0) is 19.2 Å². The summed E-state index contributed by atoms with van der Waals surface area (Å²) in [6, 6.07) is -0.0877. The number of rotatable bonds is 3. The van der Waals surface area contributed by atoms with Gasteiger partial charge in [0.2, 0.25) is 23.6 Å². The number of amides is 4. The van der Waals surface area contributed by atoms with Gasteiger partial charge in [-0.25, -0.2) is 0 Å². The fraction of sp³-hybridized carbons (Fsp3) is 0.667. The van der Waals surface area contributed by atoms with E-state index in [4.69, 9.17) is 0 Å². The lowest BCUT2D eigenvalue weighted by Crippen LogP contribution is -2.58. The molecule has 2 aliphatic heterocycles. The second kappa shape index (κ2) is 5.68. The summed E-state index contributed by atoms with van der Waals surface area (Å²) >= 11 is 0. The molecule has 110 valence electrons. The quantitative estimate of drug-likeness (QED) is 0.582. The minimum Gasteiger partial charge on any atom is -0.294 e. The van der Waals surface area contributed by atoms with Gasteiger partial charge in [-0.05, 0) is 6.92 Å². The first-order valence-corrected chi connectivity index (χ1v) is 6.45. The maximum absolute atomic E-state index is 11.6. The SMILES string of the molecule is CC(CN1CC(=O)NC(=O)C1)N1CC(=O)N(C)C(=O)C1. The van der Waals surface area contributed by atoms with E-state index in [1.54, 1.807) is 9.80 Å². The number of hydrogen-bond donors (Lipinski definition) is 1. The molecule has 8 heteroatoms. The highest BCUT2D eigenvalue weighted by Crippen LogP contribution is 2.09. The average molecular weight is 282 g/mol. The van der Waals surface area contributed by atoms with Crippen molar-refractivity contribution in [1.82, 2.24) is 20.0 Å². The molecule has 0 spiro atoms. The first-order chi connectivity index (χ1) is 9.36. The van der Waals surface area contributed by atoms with E-state index in [0.29, 0.717) is 6.54 Å². The van der Waals surface area contributed by atoms with E-state index in [1.165, 1.54) is 7.05 Å². The maximum atomic E-state index is 11.6. The van der Waals surface area contributed by atoms with Crippen LogP contribution >= 0.6 is 0 Å². The Morgan fingerprint density at radius 3 is 2.00 bits per heavy atom. The topological polar surface area (TPSA) is 90.0 Å². The van der Waals surface area contributed by atoms with Gasteiger partial charge >= 0.3 is 0 Å². The Balaban J connectivity index is 1.93. The average Bonchev–Trinajstić information content (AvgIpc) is 2.33. The number of piperazine rings is 2. The molecule has 0 radical (unpaired) electrons. The molecule has 0 aliphatic carbocycles. The highest BCUT2D eigenvalue weighted by molar-refractivity contribution is 5.99. The molecule has 0 bridgehead atoms. The van der Waals surface area contributed by atoms with E-state index >= 15 is 0 Å². The van der Waals surface area contributed by atoms with Gasteiger partial charge in [-0.1, -0.05) is 0 Å². The molecule has 20 heavy (non-hydrogen) atoms. The molecule has 1 N–H and O–H groups in total. The first kappa shape index (κ1) is 14.6. The van der Waals surface area contributed by atoms with Gasteiger partial charge in [-0.15, -0.1) is 0 Å². The van der Waals surface area contributed by atoms with Crippen LogP contribution in [0.3, 0.4) is 0 Å². The van der Waals surface area contributed by atoms with E-state index < -0.39 is 0 Å². The Hall–Kier alpha value is -1.80. The molecular formula is C12H18N4O4. The molecule has 2 fully saturated rings. The van der Waals surface area contributed by atoms with Gasteiger partial charge in [0, 0.05) is 19.6 Å². The van der Waals surface area contributed by atoms with Crippen LogP contribution in [0.15, 0.2) is 0 Å². The number of nitrogens with zero attached hydrogens (tertiary/aromatic N) is 3. The van der Waals surface area contributed by atoms with Crippen LogP contribution in [0.2, 0.25) is 0 Å². The first-order valence-electron chi connectivity index (χ1n) is 6.45. The third-order valence-electron chi connectivity index (χ3n) is 3.58. The number of nitrogens with one attached hydrogen (secondary N) is 1. The van der Waals surface area contributed by atoms with Gasteiger partial charge in [0.25, 0.3) is 0 Å². The second-order valence-corrected chi connectivity index (χ2v) is 5.24. The Labute approximate surface area is 116 Å². The highest BCUT2D eigenvalue weighted by Gasteiger charge is 2.32. The van der Waals surface area contributed by atoms with E-state index in [2.05, 4.69) is 5.32 Å². The van der Waals surface area contributed by atoms with E-state index in [1.807, 2.05) is 6.92 Å². The number of carbonyl (C=O) groups excluding carboxylic acids is 4. The van der Waals surface area contributed by atoms with Crippen molar-refractivity contribution in [3.63, 3.8) is 0 Å². The van der Waals surface area contributed by atoms with Gasteiger partial charge in [0.15, 0.2) is 0 Å². The third-order valence-corrected chi connectivity index (χ3v) is 3.58. The van der Waals surface area contributed by atoms with E-state index in [9.17, 15) is 19.2 Å². The number of likely N-dealkylation sites (N-methyl/N-ethyl adjacent to an activating group) is 1. The molecule has 0 aromatic carbocycles. The summed E-state index contributed by atoms with van der Waals surface area (Å²) in [5.74, 6) is -1.11. The van der Waals surface area contributed by atoms with Crippen molar-refractivity contribution in [3.05, 3.63) is 0 Å². The van der Waals surface area contributed by atoms with Crippen LogP contribution in [0, 0.1) is 0 Å². The van der Waals surface area contributed by atoms with Crippen molar-refractivity contribution in [2.75, 3.05) is 39.8 Å². The zero-order valence-corrected chi connectivity index (χ0v) is 11.6. The van der Waals surface area contributed by atoms with Crippen LogP contribution in [0.1, 0.15) is 6.92 Å². The van der Waals surface area contributed by atoms with Crippen molar-refractivity contribution >= 4 is 23.6 Å². The van der Waals surface area contributed by atoms with E-state index in [-0.39, 0.29) is 55.8 Å². The summed E-state index contributed by atoms with van der Waals surface area (Å²) in [5.41, 5.74) is 0. The molecule has 0 aromatic heterocycles. The van der Waals surface area contributed by atoms with E-state index in [0.717, 1.165) is 4.90 Å². The Bertz CT molecular complexity index is 430. The minimum atomic E-state index is -0.320. The van der Waals surface area contributed by atoms with Gasteiger partial charge in [-0.2, -0.15) is 0 Å². The smallest absolute Gasteiger partial charge is 0.243 e. The van der Waals surface area contributed by atoms with Gasteiger partial charge in [0.05, 0.1) is 26.2 Å². The number of carbonyl (C=O) groups is 4. The van der Waals surface area contributed by atoms with Crippen LogP contribution in [0.4, 0.5) is 0 Å². The van der Waals surface area contributed by atoms with Gasteiger partial charge in [-0.3, -0.25) is 39.2 Å². The summed E-state index contributed by atoms with van der Waals surface area (Å²) in [6.45, 7) is 3.01. The molecule has 2 aliphatic rings. The molecule has 8 nitrogen and oxygen atoms in total. The van der Waals surface area contributed by atoms with Crippen molar-refractivity contribution in [2.45, 2.75) is 13.0 Å². The number of hydrogen-bond acceptors (Lipinski definition) is 6. The van der Waals surface area contributed by atoms with Crippen LogP contribution in [0.25, 0.3) is 0 Å². The summed E-state index contributed by atoms with van der Waals surface area (Å²) in [5, 5.41) is 2.23. The molecule has 1 unspecified atom stereocenters. The van der Waals surface area contributed by atoms with Crippen molar-refractivity contribution < 1.29 is 19.2 Å². The summed E-state index contributed by atoms with van der Waals surface area (Å²) in [6.07, 6.45) is 0. The fourth-order valence-corrected chi connectivity index (χ4v) is 2.38. The maximum Gasteiger partial charge on any atom is 0.243 e. The zero-order chi connectivity index (χ0) is 14.9. The molecule has 0 saturated carbocycles. The Morgan fingerprint density at radius 1 is 1.00 bits per heavy atom. The van der Waals surface area contributed by atoms with Crippen molar-refractivity contribution in [2.24, 2.45) is 0 Å². The largest absolute Gasteiger partial charge is 0.294 e. The lowest BCUT2D eigenvalue weighted by Gasteiger charge is -2.37. The molecule has 1 atom stereocenters. The lowest BCUT2D eigenvalue weighted by atomic mass is 10.2. The summed E-state index contributed by atoms with van der Waals surface area (Å²) in [4.78, 5) is 50.5. The van der Waals surface area contributed by atoms with Crippen LogP contribution in [0.5, 0.6) is 0 Å². The number of imide groups is 2. The third kappa shape index (κ3) is 3.20. The standard InChI is InChI=1S/C12H18N4O4/c1-8(3-15-4-9(17)13-10(18)5-15)16-6-11(19)14(2)12(20)7-16/h8H,3-7H2,1-2H3,(H,13,17,18). The Kier molecular flexibility index (Phi) is 4.15. The van der Waals surface area contributed by atoms with Crippen molar-refractivity contribution in [1.29, 1.82) is 0 Å². The highest BCUT2D eigenvalue weighted by atomic mass is 16.2. The van der Waals surface area contributed by atoms with Crippen LogP contribution in [-0.4, -0.2) is 84.1 Å². The predicted octanol–water partition coefficient (Wildman–Crippen LogP) is -2.37. The molecule has 2 rings (SSSR count). The minimum absolute atomic E-state index is 0.0877. The second-order valence-electron chi connectivity index (χ2n) is 5.24. The summed E-state index contributed by atoms with van der Waals surface area (Å²) < 4.78 is 0. The molecule has 2 saturated heterocycles. The molecular weight excluding hydrogens is 264 g/mol. The summed E-state index contributed by atoms with van der Waals surface area (Å²) in [7, 11) is 1.47. The monoisotopic (exact) mass is 282 g/mol. The van der Waals surface area contributed by atoms with Gasteiger partial charge in [0.1, 0.15) is 0 Å². The normalized spacial score (nSPS) is 24.0. The van der Waals surface area contributed by atoms with Crippen molar-refractivity contribution in [3.8, 4) is 0 Å². The van der Waals surface area contributed by atoms with Crippen LogP contribution < -0.4 is 5.32 Å². The Morgan fingerprint density at radius 2 is 1.50 bits per heavy atom. The predicted molar refractivity (Wildman–Crippen MR) is 68.4 cm³/mol. The van der Waals surface area contributed by atoms with Gasteiger partial charge < -0.3 is 0 Å². The zero-order valence-electron chi connectivity index (χ0n) is 11.6. The lowest BCUT2D eigenvalue weighted by molar-refractivity contribution is -0.151. The molecule has 2 heterocycles.